The second kappa shape index (κ2) is 8.38. The van der Waals surface area contributed by atoms with E-state index >= 15 is 0 Å². The van der Waals surface area contributed by atoms with Gasteiger partial charge in [0.1, 0.15) is 0 Å². The molecular weight excluding hydrogens is 302 g/mol. The van der Waals surface area contributed by atoms with Crippen LogP contribution in [0, 0.1) is 0 Å². The van der Waals surface area contributed by atoms with Crippen LogP contribution >= 0.6 is 0 Å². The fraction of sp³-hybridized carbons (Fsp3) is 0.632. The number of carbonyl (C=O) groups is 1. The summed E-state index contributed by atoms with van der Waals surface area (Å²) in [5, 5.41) is 3.17. The fourth-order valence-corrected chi connectivity index (χ4v) is 3.66. The third kappa shape index (κ3) is 4.63. The Bertz CT molecular complexity index is 550. The van der Waals surface area contributed by atoms with E-state index in [2.05, 4.69) is 22.3 Å². The van der Waals surface area contributed by atoms with Crippen LogP contribution in [0.25, 0.3) is 0 Å². The van der Waals surface area contributed by atoms with Crippen molar-refractivity contribution in [3.8, 4) is 0 Å². The monoisotopic (exact) mass is 331 g/mol. The molecule has 5 nitrogen and oxygen atoms in total. The summed E-state index contributed by atoms with van der Waals surface area (Å²) < 4.78 is 5.39. The molecule has 2 aliphatic rings. The number of hydrogen-bond donors (Lipinski definition) is 2. The topological polar surface area (TPSA) is 67.6 Å². The number of nitrogens with two attached hydrogens (primary N) is 1. The summed E-state index contributed by atoms with van der Waals surface area (Å²) in [6.07, 6.45) is 7.33. The maximum absolute atomic E-state index is 12.1. The Balaban J connectivity index is 1.49. The summed E-state index contributed by atoms with van der Waals surface area (Å²) in [5.41, 5.74) is 9.22. The van der Waals surface area contributed by atoms with Crippen molar-refractivity contribution in [3.05, 3.63) is 23.8 Å². The molecule has 3 N–H and O–H groups in total. The molecule has 1 heterocycles. The van der Waals surface area contributed by atoms with Gasteiger partial charge in [0.25, 0.3) is 0 Å². The molecule has 1 aromatic rings. The molecule has 132 valence electrons. The zero-order chi connectivity index (χ0) is 16.8. The van der Waals surface area contributed by atoms with Gasteiger partial charge in [0, 0.05) is 25.6 Å². The summed E-state index contributed by atoms with van der Waals surface area (Å²) >= 11 is 0. The highest BCUT2D eigenvalue weighted by atomic mass is 16.5. The number of rotatable bonds is 5. The van der Waals surface area contributed by atoms with Crippen LogP contribution in [0.5, 0.6) is 0 Å². The van der Waals surface area contributed by atoms with Crippen molar-refractivity contribution in [2.45, 2.75) is 51.0 Å². The number of anilines is 2. The quantitative estimate of drug-likeness (QED) is 0.814. The van der Waals surface area contributed by atoms with Gasteiger partial charge in [0.2, 0.25) is 5.91 Å². The van der Waals surface area contributed by atoms with E-state index in [-0.39, 0.29) is 5.91 Å². The Kier molecular flexibility index (Phi) is 5.96. The van der Waals surface area contributed by atoms with Crippen molar-refractivity contribution in [1.82, 2.24) is 5.32 Å². The smallest absolute Gasteiger partial charge is 0.220 e. The number of nitrogens with zero attached hydrogens (tertiary/aromatic N) is 1. The minimum absolute atomic E-state index is 0.165. The first-order valence-electron chi connectivity index (χ1n) is 9.23. The van der Waals surface area contributed by atoms with Crippen LogP contribution < -0.4 is 16.0 Å². The summed E-state index contributed by atoms with van der Waals surface area (Å²) in [7, 11) is 0. The second-order valence-corrected chi connectivity index (χ2v) is 6.90. The maximum atomic E-state index is 12.1. The molecule has 0 radical (unpaired) electrons. The van der Waals surface area contributed by atoms with Crippen LogP contribution in [-0.2, 0) is 16.0 Å². The minimum atomic E-state index is 0.165. The number of aryl methyl sites for hydroxylation is 1. The van der Waals surface area contributed by atoms with Gasteiger partial charge in [-0.2, -0.15) is 0 Å². The largest absolute Gasteiger partial charge is 0.397 e. The number of nitrogen functional groups attached to an aromatic ring is 1. The molecule has 1 amide bonds. The second-order valence-electron chi connectivity index (χ2n) is 6.90. The van der Waals surface area contributed by atoms with E-state index in [9.17, 15) is 4.79 Å². The van der Waals surface area contributed by atoms with E-state index in [4.69, 9.17) is 10.5 Å². The van der Waals surface area contributed by atoms with Crippen molar-refractivity contribution in [3.63, 3.8) is 0 Å². The van der Waals surface area contributed by atoms with Crippen LogP contribution in [0.15, 0.2) is 18.2 Å². The van der Waals surface area contributed by atoms with Crippen molar-refractivity contribution in [2.24, 2.45) is 0 Å². The predicted octanol–water partition coefficient (Wildman–Crippen LogP) is 2.49. The molecular formula is C19H29N3O2. The Hall–Kier alpha value is -1.75. The summed E-state index contributed by atoms with van der Waals surface area (Å²) in [6.45, 7) is 3.27. The number of amides is 1. The van der Waals surface area contributed by atoms with Crippen LogP contribution in [0.3, 0.4) is 0 Å². The zero-order valence-corrected chi connectivity index (χ0v) is 14.4. The van der Waals surface area contributed by atoms with Gasteiger partial charge in [0.05, 0.1) is 24.6 Å². The van der Waals surface area contributed by atoms with Gasteiger partial charge in [0.15, 0.2) is 0 Å². The van der Waals surface area contributed by atoms with Crippen molar-refractivity contribution >= 4 is 17.3 Å². The van der Waals surface area contributed by atoms with Crippen molar-refractivity contribution in [1.29, 1.82) is 0 Å². The normalized spacial score (nSPS) is 19.2. The SMILES string of the molecule is Nc1cc(CCC(=O)NC2CCCCC2)ccc1N1CCOCC1. The van der Waals surface area contributed by atoms with Crippen LogP contribution in [0.2, 0.25) is 0 Å². The fourth-order valence-electron chi connectivity index (χ4n) is 3.66. The third-order valence-electron chi connectivity index (χ3n) is 5.05. The van der Waals surface area contributed by atoms with Gasteiger partial charge in [-0.25, -0.2) is 0 Å². The molecule has 24 heavy (non-hydrogen) atoms. The Morgan fingerprint density at radius 3 is 2.67 bits per heavy atom. The molecule has 1 saturated heterocycles. The van der Waals surface area contributed by atoms with E-state index in [1.165, 1.54) is 19.3 Å². The molecule has 1 aromatic carbocycles. The van der Waals surface area contributed by atoms with Gasteiger partial charge in [-0.05, 0) is 37.0 Å². The zero-order valence-electron chi connectivity index (χ0n) is 14.4. The molecule has 0 aromatic heterocycles. The van der Waals surface area contributed by atoms with Gasteiger partial charge >= 0.3 is 0 Å². The molecule has 0 spiro atoms. The molecule has 2 fully saturated rings. The molecule has 0 unspecified atom stereocenters. The number of carbonyl (C=O) groups excluding carboxylic acids is 1. The highest BCUT2D eigenvalue weighted by molar-refractivity contribution is 5.76. The number of morpholine rings is 1. The summed E-state index contributed by atoms with van der Waals surface area (Å²) in [6, 6.07) is 6.57. The van der Waals surface area contributed by atoms with E-state index in [1.807, 2.05) is 6.07 Å². The number of hydrogen-bond acceptors (Lipinski definition) is 4. The Morgan fingerprint density at radius 2 is 1.96 bits per heavy atom. The molecule has 0 atom stereocenters. The lowest BCUT2D eigenvalue weighted by atomic mass is 9.95. The van der Waals surface area contributed by atoms with Crippen LogP contribution in [0.1, 0.15) is 44.1 Å². The van der Waals surface area contributed by atoms with E-state index in [1.54, 1.807) is 0 Å². The Labute approximate surface area is 144 Å². The number of ether oxygens (including phenoxy) is 1. The van der Waals surface area contributed by atoms with E-state index < -0.39 is 0 Å². The molecule has 1 aliphatic carbocycles. The molecule has 1 saturated carbocycles. The van der Waals surface area contributed by atoms with Crippen LogP contribution in [-0.4, -0.2) is 38.3 Å². The van der Waals surface area contributed by atoms with Crippen molar-refractivity contribution < 1.29 is 9.53 Å². The lowest BCUT2D eigenvalue weighted by Crippen LogP contribution is -2.36. The van der Waals surface area contributed by atoms with Crippen LogP contribution in [0.4, 0.5) is 11.4 Å². The highest BCUT2D eigenvalue weighted by Gasteiger charge is 2.16. The van der Waals surface area contributed by atoms with E-state index in [0.29, 0.717) is 12.5 Å². The average molecular weight is 331 g/mol. The van der Waals surface area contributed by atoms with Gasteiger partial charge in [-0.15, -0.1) is 0 Å². The van der Waals surface area contributed by atoms with Gasteiger partial charge in [-0.1, -0.05) is 25.3 Å². The first-order chi connectivity index (χ1) is 11.7. The maximum Gasteiger partial charge on any atom is 0.220 e. The van der Waals surface area contributed by atoms with E-state index in [0.717, 1.165) is 62.5 Å². The summed E-state index contributed by atoms with van der Waals surface area (Å²) in [5.74, 6) is 0.165. The molecule has 5 heteroatoms. The van der Waals surface area contributed by atoms with Gasteiger partial charge < -0.3 is 20.7 Å². The molecule has 3 rings (SSSR count). The highest BCUT2D eigenvalue weighted by Crippen LogP contribution is 2.25. The third-order valence-corrected chi connectivity index (χ3v) is 5.05. The average Bonchev–Trinajstić information content (AvgIpc) is 2.62. The first kappa shape index (κ1) is 17.1. The lowest BCUT2D eigenvalue weighted by molar-refractivity contribution is -0.121. The number of benzene rings is 1. The minimum Gasteiger partial charge on any atom is -0.397 e. The number of nitrogens with one attached hydrogen (secondary N) is 1. The first-order valence-corrected chi connectivity index (χ1v) is 9.23. The standard InChI is InChI=1S/C19H29N3O2/c20-17-14-15(6-8-18(17)22-10-12-24-13-11-22)7-9-19(23)21-16-4-2-1-3-5-16/h6,8,14,16H,1-5,7,9-13,20H2,(H,21,23). The van der Waals surface area contributed by atoms with Crippen molar-refractivity contribution in [2.75, 3.05) is 36.9 Å². The van der Waals surface area contributed by atoms with Gasteiger partial charge in [-0.3, -0.25) is 4.79 Å². The molecule has 0 bridgehead atoms. The Morgan fingerprint density at radius 1 is 1.21 bits per heavy atom. The summed E-state index contributed by atoms with van der Waals surface area (Å²) in [4.78, 5) is 14.4. The molecule has 1 aliphatic heterocycles. The predicted molar refractivity (Wildman–Crippen MR) is 97.2 cm³/mol. The lowest BCUT2D eigenvalue weighted by Gasteiger charge is -2.30.